The third-order valence-corrected chi connectivity index (χ3v) is 5.24. The van der Waals surface area contributed by atoms with Gasteiger partial charge in [0.25, 0.3) is 0 Å². The number of aromatic nitrogens is 1. The van der Waals surface area contributed by atoms with Crippen molar-refractivity contribution in [1.29, 1.82) is 0 Å². The average Bonchev–Trinajstić information content (AvgIpc) is 2.70. The first-order chi connectivity index (χ1) is 13.3. The van der Waals surface area contributed by atoms with E-state index in [9.17, 15) is 4.79 Å². The minimum absolute atomic E-state index is 0.168. The van der Waals surface area contributed by atoms with Gasteiger partial charge in [0.2, 0.25) is 12.6 Å². The number of nitrogens with zero attached hydrogens (tertiary/aromatic N) is 1. The summed E-state index contributed by atoms with van der Waals surface area (Å²) in [6.07, 6.45) is 24.9. The molecule has 1 N–H and O–H groups in total. The van der Waals surface area contributed by atoms with E-state index in [-0.39, 0.29) is 5.91 Å². The fourth-order valence-corrected chi connectivity index (χ4v) is 3.46. The molecule has 0 aromatic carbocycles. The van der Waals surface area contributed by atoms with Gasteiger partial charge in [0, 0.05) is 18.6 Å². The topological polar surface area (TPSA) is 33.0 Å². The number of pyridine rings is 1. The Kier molecular flexibility index (Phi) is 15.8. The van der Waals surface area contributed by atoms with Crippen LogP contribution in [0.3, 0.4) is 0 Å². The molecule has 0 saturated heterocycles. The van der Waals surface area contributed by atoms with Gasteiger partial charge in [-0.2, -0.15) is 4.57 Å². The van der Waals surface area contributed by atoms with Crippen LogP contribution in [0.4, 0.5) is 0 Å². The second kappa shape index (κ2) is 18.0. The SMILES string of the molecule is CCCCCCCCCCCCCCCCCC(=O)NC[n+]1ccccc1. The Bertz CT molecular complexity index is 447. The van der Waals surface area contributed by atoms with E-state index in [1.165, 1.54) is 89.9 Å². The maximum atomic E-state index is 11.8. The lowest BCUT2D eigenvalue weighted by Gasteiger charge is -2.04. The Morgan fingerprint density at radius 2 is 1.11 bits per heavy atom. The normalized spacial score (nSPS) is 10.9. The molecule has 0 fully saturated rings. The summed E-state index contributed by atoms with van der Waals surface area (Å²) in [4.78, 5) is 11.8. The molecule has 0 radical (unpaired) electrons. The predicted octanol–water partition coefficient (Wildman–Crippen LogP) is 6.31. The van der Waals surface area contributed by atoms with E-state index in [0.29, 0.717) is 13.1 Å². The fourth-order valence-electron chi connectivity index (χ4n) is 3.46. The van der Waals surface area contributed by atoms with Gasteiger partial charge in [-0.25, -0.2) is 0 Å². The lowest BCUT2D eigenvalue weighted by molar-refractivity contribution is -0.700. The van der Waals surface area contributed by atoms with E-state index >= 15 is 0 Å². The van der Waals surface area contributed by atoms with Crippen molar-refractivity contribution in [3.05, 3.63) is 30.6 Å². The number of carbonyl (C=O) groups is 1. The van der Waals surface area contributed by atoms with Gasteiger partial charge in [-0.15, -0.1) is 0 Å². The van der Waals surface area contributed by atoms with Gasteiger partial charge < -0.3 is 5.32 Å². The smallest absolute Gasteiger partial charge is 0.224 e. The van der Waals surface area contributed by atoms with Gasteiger partial charge in [0.15, 0.2) is 12.4 Å². The zero-order chi connectivity index (χ0) is 19.4. The summed E-state index contributed by atoms with van der Waals surface area (Å²) in [5, 5.41) is 2.97. The molecule has 3 nitrogen and oxygen atoms in total. The Labute approximate surface area is 168 Å². The van der Waals surface area contributed by atoms with Gasteiger partial charge in [0.1, 0.15) is 0 Å². The molecule has 1 aromatic heterocycles. The molecule has 1 heterocycles. The summed E-state index contributed by atoms with van der Waals surface area (Å²) in [5.41, 5.74) is 0. The first-order valence-corrected chi connectivity index (χ1v) is 11.5. The molecule has 3 heteroatoms. The van der Waals surface area contributed by atoms with Crippen molar-refractivity contribution >= 4 is 5.91 Å². The van der Waals surface area contributed by atoms with Gasteiger partial charge in [-0.1, -0.05) is 103 Å². The minimum atomic E-state index is 0.168. The summed E-state index contributed by atoms with van der Waals surface area (Å²) in [7, 11) is 0. The van der Waals surface area contributed by atoms with Crippen LogP contribution in [0.25, 0.3) is 0 Å². The van der Waals surface area contributed by atoms with Crippen LogP contribution < -0.4 is 9.88 Å². The van der Waals surface area contributed by atoms with E-state index < -0.39 is 0 Å². The monoisotopic (exact) mass is 375 g/mol. The lowest BCUT2D eigenvalue weighted by Crippen LogP contribution is -2.42. The van der Waals surface area contributed by atoms with Crippen LogP contribution in [-0.2, 0) is 11.5 Å². The molecular weight excluding hydrogens is 332 g/mol. The Balaban J connectivity index is 1.77. The van der Waals surface area contributed by atoms with Crippen molar-refractivity contribution in [2.75, 3.05) is 0 Å². The first kappa shape index (κ1) is 23.7. The summed E-state index contributed by atoms with van der Waals surface area (Å²) in [6, 6.07) is 5.93. The van der Waals surface area contributed by atoms with Crippen molar-refractivity contribution in [3.63, 3.8) is 0 Å². The number of carbonyl (C=O) groups excluding carboxylic acids is 1. The first-order valence-electron chi connectivity index (χ1n) is 11.5. The number of amides is 1. The van der Waals surface area contributed by atoms with E-state index in [0.717, 1.165) is 6.42 Å². The Hall–Kier alpha value is -1.38. The largest absolute Gasteiger partial charge is 0.301 e. The van der Waals surface area contributed by atoms with Gasteiger partial charge >= 0.3 is 0 Å². The summed E-state index contributed by atoms with van der Waals surface area (Å²) in [6.45, 7) is 2.85. The van der Waals surface area contributed by atoms with Gasteiger partial charge in [0.05, 0.1) is 0 Å². The van der Waals surface area contributed by atoms with Crippen molar-refractivity contribution in [3.8, 4) is 0 Å². The molecule has 0 aliphatic carbocycles. The maximum Gasteiger partial charge on any atom is 0.224 e. The van der Waals surface area contributed by atoms with Crippen LogP contribution in [0.2, 0.25) is 0 Å². The molecule has 0 aliphatic heterocycles. The van der Waals surface area contributed by atoms with E-state index in [1.54, 1.807) is 0 Å². The highest BCUT2D eigenvalue weighted by atomic mass is 16.1. The van der Waals surface area contributed by atoms with Crippen LogP contribution >= 0.6 is 0 Å². The molecule has 0 unspecified atom stereocenters. The number of unbranched alkanes of at least 4 members (excludes halogenated alkanes) is 14. The minimum Gasteiger partial charge on any atom is -0.301 e. The number of hydrogen-bond acceptors (Lipinski definition) is 1. The molecular formula is C24H43N2O+. The standard InChI is InChI=1S/C24H42N2O/c1-2-3-4-5-6-7-8-9-10-11-12-13-14-15-17-20-24(27)25-23-26-21-18-16-19-22-26/h16,18-19,21-22H,2-15,17,20,23H2,1H3/p+1. The number of nitrogens with one attached hydrogen (secondary N) is 1. The second-order valence-corrected chi connectivity index (χ2v) is 7.85. The number of hydrogen-bond donors (Lipinski definition) is 1. The Morgan fingerprint density at radius 3 is 1.59 bits per heavy atom. The summed E-state index contributed by atoms with van der Waals surface area (Å²) in [5.74, 6) is 0.168. The van der Waals surface area contributed by atoms with Crippen LogP contribution in [0.5, 0.6) is 0 Å². The third-order valence-electron chi connectivity index (χ3n) is 5.24. The lowest BCUT2D eigenvalue weighted by atomic mass is 10.0. The van der Waals surface area contributed by atoms with Crippen molar-refractivity contribution in [1.82, 2.24) is 5.32 Å². The highest BCUT2D eigenvalue weighted by Crippen LogP contribution is 2.13. The van der Waals surface area contributed by atoms with Crippen LogP contribution in [0.1, 0.15) is 110 Å². The molecule has 1 amide bonds. The molecule has 0 aliphatic rings. The number of rotatable bonds is 18. The van der Waals surface area contributed by atoms with Crippen molar-refractivity contribution < 1.29 is 9.36 Å². The molecule has 27 heavy (non-hydrogen) atoms. The molecule has 1 rings (SSSR count). The fraction of sp³-hybridized carbons (Fsp3) is 0.750. The van der Waals surface area contributed by atoms with Crippen LogP contribution in [-0.4, -0.2) is 5.91 Å². The molecule has 1 aromatic rings. The molecule has 0 bridgehead atoms. The summed E-state index contributed by atoms with van der Waals surface area (Å²) < 4.78 is 1.98. The highest BCUT2D eigenvalue weighted by molar-refractivity contribution is 5.75. The van der Waals surface area contributed by atoms with E-state index in [4.69, 9.17) is 0 Å². The molecule has 0 spiro atoms. The van der Waals surface area contributed by atoms with Gasteiger partial charge in [-0.05, 0) is 6.42 Å². The summed E-state index contributed by atoms with van der Waals surface area (Å²) >= 11 is 0. The third kappa shape index (κ3) is 15.4. The van der Waals surface area contributed by atoms with Crippen molar-refractivity contribution in [2.24, 2.45) is 0 Å². The molecule has 154 valence electrons. The molecule has 0 atom stereocenters. The van der Waals surface area contributed by atoms with Crippen molar-refractivity contribution in [2.45, 2.75) is 116 Å². The zero-order valence-electron chi connectivity index (χ0n) is 17.8. The second-order valence-electron chi connectivity index (χ2n) is 7.85. The average molecular weight is 376 g/mol. The van der Waals surface area contributed by atoms with E-state index in [1.807, 2.05) is 35.2 Å². The van der Waals surface area contributed by atoms with Crippen LogP contribution in [0, 0.1) is 0 Å². The zero-order valence-corrected chi connectivity index (χ0v) is 17.8. The Morgan fingerprint density at radius 1 is 0.667 bits per heavy atom. The quantitative estimate of drug-likeness (QED) is 0.237. The maximum absolute atomic E-state index is 11.8. The van der Waals surface area contributed by atoms with E-state index in [2.05, 4.69) is 12.2 Å². The highest BCUT2D eigenvalue weighted by Gasteiger charge is 2.03. The predicted molar refractivity (Wildman–Crippen MR) is 114 cm³/mol. The molecule has 0 saturated carbocycles. The van der Waals surface area contributed by atoms with Crippen LogP contribution in [0.15, 0.2) is 30.6 Å². The van der Waals surface area contributed by atoms with Gasteiger partial charge in [-0.3, -0.25) is 4.79 Å².